The van der Waals surface area contributed by atoms with Crippen molar-refractivity contribution in [2.24, 2.45) is 0 Å². The highest BCUT2D eigenvalue weighted by molar-refractivity contribution is 7.99. The number of benzene rings is 1. The summed E-state index contributed by atoms with van der Waals surface area (Å²) in [4.78, 5) is 43.2. The van der Waals surface area contributed by atoms with Crippen LogP contribution in [0.25, 0.3) is 11.0 Å². The number of anilines is 1. The lowest BCUT2D eigenvalue weighted by molar-refractivity contribution is 0.102. The summed E-state index contributed by atoms with van der Waals surface area (Å²) in [6.45, 7) is 2.24. The highest BCUT2D eigenvalue weighted by atomic mass is 32.2. The molecule has 7 nitrogen and oxygen atoms in total. The van der Waals surface area contributed by atoms with Gasteiger partial charge in [-0.25, -0.2) is 9.78 Å². The summed E-state index contributed by atoms with van der Waals surface area (Å²) in [5, 5.41) is 2.65. The van der Waals surface area contributed by atoms with Gasteiger partial charge in [-0.15, -0.1) is 0 Å². The molecule has 28 heavy (non-hydrogen) atoms. The Kier molecular flexibility index (Phi) is 5.88. The molecule has 2 aromatic heterocycles. The van der Waals surface area contributed by atoms with E-state index in [1.165, 1.54) is 29.0 Å². The summed E-state index contributed by atoms with van der Waals surface area (Å²) in [7, 11) is 0. The summed E-state index contributed by atoms with van der Waals surface area (Å²) < 4.78 is 26.7. The third-order valence-corrected chi connectivity index (χ3v) is 4.68. The van der Waals surface area contributed by atoms with Crippen LogP contribution in [0.2, 0.25) is 0 Å². The number of nitrogens with zero attached hydrogens (tertiary/aromatic N) is 2. The van der Waals surface area contributed by atoms with Crippen LogP contribution in [-0.4, -0.2) is 26.2 Å². The molecule has 0 aliphatic carbocycles. The molecule has 3 rings (SSSR count). The zero-order chi connectivity index (χ0) is 20.3. The predicted molar refractivity (Wildman–Crippen MR) is 103 cm³/mol. The maximum atomic E-state index is 12.7. The average Bonchev–Trinajstić information content (AvgIpc) is 2.66. The van der Waals surface area contributed by atoms with Gasteiger partial charge in [-0.2, -0.15) is 8.78 Å². The Morgan fingerprint density at radius 2 is 2.07 bits per heavy atom. The SMILES string of the molecule is CCCn1c(=O)[nH]c(=O)c2cc(C(=O)Nc3ccccc3SC(F)F)cnc21. The topological polar surface area (TPSA) is 96.9 Å². The minimum absolute atomic E-state index is 0.0662. The van der Waals surface area contributed by atoms with Crippen molar-refractivity contribution in [3.05, 3.63) is 62.9 Å². The molecule has 0 aliphatic rings. The number of fused-ring (bicyclic) bond motifs is 1. The number of aromatic amines is 1. The predicted octanol–water partition coefficient (Wildman–Crippen LogP) is 3.06. The summed E-state index contributed by atoms with van der Waals surface area (Å²) in [5.41, 5.74) is -0.745. The molecule has 0 unspecified atom stereocenters. The number of pyridine rings is 1. The number of aromatic nitrogens is 3. The van der Waals surface area contributed by atoms with E-state index in [4.69, 9.17) is 0 Å². The molecule has 1 aromatic carbocycles. The molecule has 0 radical (unpaired) electrons. The summed E-state index contributed by atoms with van der Waals surface area (Å²) >= 11 is 0.320. The van der Waals surface area contributed by atoms with E-state index >= 15 is 0 Å². The van der Waals surface area contributed by atoms with E-state index in [0.29, 0.717) is 24.7 Å². The zero-order valence-electron chi connectivity index (χ0n) is 14.7. The number of aryl methyl sites for hydroxylation is 1. The standard InChI is InChI=1S/C18H16F2N4O3S/c1-2-7-24-14-11(16(26)23-18(24)27)8-10(9-21-14)15(25)22-12-5-3-4-6-13(12)28-17(19)20/h3-6,8-9,17H,2,7H2,1H3,(H,22,25)(H,23,26,27). The second-order valence-corrected chi connectivity index (χ2v) is 6.87. The van der Waals surface area contributed by atoms with Crippen LogP contribution < -0.4 is 16.6 Å². The third kappa shape index (κ3) is 4.11. The maximum Gasteiger partial charge on any atom is 0.329 e. The van der Waals surface area contributed by atoms with Gasteiger partial charge >= 0.3 is 5.69 Å². The first-order valence-corrected chi connectivity index (χ1v) is 9.26. The number of thioether (sulfide) groups is 1. The fourth-order valence-electron chi connectivity index (χ4n) is 2.69. The first kappa shape index (κ1) is 19.7. The van der Waals surface area contributed by atoms with Gasteiger partial charge in [0.05, 0.1) is 16.6 Å². The molecular formula is C18H16F2N4O3S. The van der Waals surface area contributed by atoms with Crippen LogP contribution in [0.4, 0.5) is 14.5 Å². The Morgan fingerprint density at radius 3 is 2.79 bits per heavy atom. The molecule has 0 saturated heterocycles. The Labute approximate surface area is 161 Å². The molecular weight excluding hydrogens is 390 g/mol. The Bertz CT molecular complexity index is 1140. The van der Waals surface area contributed by atoms with E-state index in [0.717, 1.165) is 0 Å². The number of carbonyl (C=O) groups is 1. The van der Waals surface area contributed by atoms with Gasteiger partial charge in [-0.05, 0) is 24.6 Å². The molecule has 0 spiro atoms. The van der Waals surface area contributed by atoms with Gasteiger partial charge in [0, 0.05) is 17.6 Å². The lowest BCUT2D eigenvalue weighted by atomic mass is 10.2. The molecule has 146 valence electrons. The van der Waals surface area contributed by atoms with Gasteiger partial charge in [-0.1, -0.05) is 30.8 Å². The number of halogens is 2. The normalized spacial score (nSPS) is 11.1. The zero-order valence-corrected chi connectivity index (χ0v) is 15.6. The van der Waals surface area contributed by atoms with Gasteiger partial charge in [-0.3, -0.25) is 19.1 Å². The second-order valence-electron chi connectivity index (χ2n) is 5.83. The average molecular weight is 406 g/mol. The highest BCUT2D eigenvalue weighted by Crippen LogP contribution is 2.31. The molecule has 0 aliphatic heterocycles. The van der Waals surface area contributed by atoms with E-state index in [1.807, 2.05) is 6.92 Å². The van der Waals surface area contributed by atoms with E-state index in [2.05, 4.69) is 15.3 Å². The van der Waals surface area contributed by atoms with Crippen molar-refractivity contribution in [3.63, 3.8) is 0 Å². The molecule has 0 atom stereocenters. The van der Waals surface area contributed by atoms with Crippen LogP contribution in [0.5, 0.6) is 0 Å². The Balaban J connectivity index is 1.98. The van der Waals surface area contributed by atoms with E-state index in [9.17, 15) is 23.2 Å². The summed E-state index contributed by atoms with van der Waals surface area (Å²) in [6, 6.07) is 7.50. The van der Waals surface area contributed by atoms with Gasteiger partial charge in [0.15, 0.2) is 0 Å². The maximum absolute atomic E-state index is 12.7. The molecule has 10 heteroatoms. The quantitative estimate of drug-likeness (QED) is 0.614. The summed E-state index contributed by atoms with van der Waals surface area (Å²) in [6.07, 6.45) is 1.90. The van der Waals surface area contributed by atoms with E-state index in [-0.39, 0.29) is 27.2 Å². The first-order valence-electron chi connectivity index (χ1n) is 8.38. The van der Waals surface area contributed by atoms with Crippen LogP contribution in [0, 0.1) is 0 Å². The number of H-pyrrole nitrogens is 1. The van der Waals surface area contributed by atoms with Crippen LogP contribution in [0.1, 0.15) is 23.7 Å². The van der Waals surface area contributed by atoms with Gasteiger partial charge in [0.25, 0.3) is 17.2 Å². The van der Waals surface area contributed by atoms with Crippen molar-refractivity contribution in [1.82, 2.24) is 14.5 Å². The Morgan fingerprint density at radius 1 is 1.32 bits per heavy atom. The number of nitrogens with one attached hydrogen (secondary N) is 2. The third-order valence-electron chi connectivity index (χ3n) is 3.89. The largest absolute Gasteiger partial charge is 0.329 e. The van der Waals surface area contributed by atoms with Gasteiger partial charge < -0.3 is 5.32 Å². The monoisotopic (exact) mass is 406 g/mol. The molecule has 2 N–H and O–H groups in total. The molecule has 2 heterocycles. The number of para-hydroxylation sites is 1. The fourth-order valence-corrected chi connectivity index (χ4v) is 3.28. The van der Waals surface area contributed by atoms with Crippen molar-refractivity contribution < 1.29 is 13.6 Å². The molecule has 3 aromatic rings. The van der Waals surface area contributed by atoms with Crippen LogP contribution >= 0.6 is 11.8 Å². The van der Waals surface area contributed by atoms with Crippen LogP contribution in [0.15, 0.2) is 51.0 Å². The van der Waals surface area contributed by atoms with Crippen molar-refractivity contribution in [1.29, 1.82) is 0 Å². The van der Waals surface area contributed by atoms with Crippen molar-refractivity contribution in [2.75, 3.05) is 5.32 Å². The number of rotatable bonds is 6. The van der Waals surface area contributed by atoms with E-state index in [1.54, 1.807) is 12.1 Å². The Hall–Kier alpha value is -3.01. The highest BCUT2D eigenvalue weighted by Gasteiger charge is 2.15. The second kappa shape index (κ2) is 8.34. The molecule has 0 saturated carbocycles. The smallest absolute Gasteiger partial charge is 0.321 e. The van der Waals surface area contributed by atoms with Crippen molar-refractivity contribution >= 4 is 34.4 Å². The number of amides is 1. The lowest BCUT2D eigenvalue weighted by Crippen LogP contribution is -2.31. The molecule has 0 bridgehead atoms. The van der Waals surface area contributed by atoms with Crippen molar-refractivity contribution in [3.8, 4) is 0 Å². The number of carbonyl (C=O) groups excluding carboxylic acids is 1. The first-order chi connectivity index (χ1) is 13.4. The van der Waals surface area contributed by atoms with Crippen LogP contribution in [-0.2, 0) is 6.54 Å². The van der Waals surface area contributed by atoms with Crippen molar-refractivity contribution in [2.45, 2.75) is 30.5 Å². The number of alkyl halides is 2. The van der Waals surface area contributed by atoms with Gasteiger partial charge in [0.1, 0.15) is 5.65 Å². The lowest BCUT2D eigenvalue weighted by Gasteiger charge is -2.11. The molecule has 1 amide bonds. The van der Waals surface area contributed by atoms with Crippen LogP contribution in [0.3, 0.4) is 0 Å². The van der Waals surface area contributed by atoms with E-state index < -0.39 is 22.9 Å². The molecule has 0 fully saturated rings. The van der Waals surface area contributed by atoms with Gasteiger partial charge in [0.2, 0.25) is 0 Å². The minimum atomic E-state index is -2.63. The summed E-state index contributed by atoms with van der Waals surface area (Å²) in [5.74, 6) is -3.24. The fraction of sp³-hybridized carbons (Fsp3) is 0.222. The number of hydrogen-bond acceptors (Lipinski definition) is 5. The minimum Gasteiger partial charge on any atom is -0.321 e. The number of hydrogen-bond donors (Lipinski definition) is 2.